The zero-order chi connectivity index (χ0) is 23.1. The van der Waals surface area contributed by atoms with Crippen LogP contribution in [0.3, 0.4) is 0 Å². The van der Waals surface area contributed by atoms with Crippen LogP contribution in [0.2, 0.25) is 0 Å². The Morgan fingerprint density at radius 3 is 2.24 bits per heavy atom. The molecule has 6 heteroatoms. The van der Waals surface area contributed by atoms with Gasteiger partial charge in [0, 0.05) is 11.3 Å². The Morgan fingerprint density at radius 2 is 1.52 bits per heavy atom. The number of nitrogens with zero attached hydrogens (tertiary/aromatic N) is 3. The summed E-state index contributed by atoms with van der Waals surface area (Å²) in [6.45, 7) is 8.10. The Hall–Kier alpha value is -4.19. The molecule has 33 heavy (non-hydrogen) atoms. The molecule has 1 amide bonds. The fourth-order valence-electron chi connectivity index (χ4n) is 3.69. The molecule has 0 unspecified atom stereocenters. The molecule has 0 fully saturated rings. The van der Waals surface area contributed by atoms with Gasteiger partial charge in [-0.05, 0) is 86.8 Å². The summed E-state index contributed by atoms with van der Waals surface area (Å²) in [7, 11) is 0. The monoisotopic (exact) mass is 436 g/mol. The molecule has 0 spiro atoms. The van der Waals surface area contributed by atoms with Gasteiger partial charge < -0.3 is 9.73 Å². The standard InChI is InChI=1S/C27H24N4O2/c1-16-5-9-21(10-6-16)31-29-23-14-19(4)22(15-24(23)30-31)28-27(32)26-12-11-25(33-26)20-8-7-17(2)18(3)13-20/h5-15H,1-4H3,(H,28,32). The van der Waals surface area contributed by atoms with Crippen LogP contribution in [0.25, 0.3) is 28.0 Å². The van der Waals surface area contributed by atoms with Crippen molar-refractivity contribution in [2.24, 2.45) is 0 Å². The van der Waals surface area contributed by atoms with Crippen molar-refractivity contribution in [1.82, 2.24) is 15.0 Å². The smallest absolute Gasteiger partial charge is 0.291 e. The zero-order valence-corrected chi connectivity index (χ0v) is 19.0. The second-order valence-corrected chi connectivity index (χ2v) is 8.40. The maximum Gasteiger partial charge on any atom is 0.291 e. The van der Waals surface area contributed by atoms with Gasteiger partial charge in [-0.15, -0.1) is 10.2 Å². The number of amides is 1. The van der Waals surface area contributed by atoms with E-state index in [1.807, 2.05) is 62.4 Å². The van der Waals surface area contributed by atoms with E-state index in [0.29, 0.717) is 17.0 Å². The summed E-state index contributed by atoms with van der Waals surface area (Å²) in [5.41, 5.74) is 8.44. The van der Waals surface area contributed by atoms with Crippen molar-refractivity contribution in [3.8, 4) is 17.0 Å². The van der Waals surface area contributed by atoms with Crippen LogP contribution in [-0.2, 0) is 0 Å². The molecule has 6 nitrogen and oxygen atoms in total. The molecule has 0 aliphatic carbocycles. The largest absolute Gasteiger partial charge is 0.451 e. The van der Waals surface area contributed by atoms with E-state index in [-0.39, 0.29) is 11.7 Å². The second-order valence-electron chi connectivity index (χ2n) is 8.40. The molecule has 0 aliphatic rings. The van der Waals surface area contributed by atoms with Crippen LogP contribution in [0.15, 0.2) is 71.1 Å². The normalized spacial score (nSPS) is 11.2. The summed E-state index contributed by atoms with van der Waals surface area (Å²) in [5.74, 6) is 0.612. The van der Waals surface area contributed by atoms with Crippen molar-refractivity contribution in [1.29, 1.82) is 0 Å². The minimum atomic E-state index is -0.307. The average Bonchev–Trinajstić information content (AvgIpc) is 3.44. The van der Waals surface area contributed by atoms with Crippen LogP contribution >= 0.6 is 0 Å². The maximum atomic E-state index is 12.9. The highest BCUT2D eigenvalue weighted by Gasteiger charge is 2.15. The number of nitrogens with one attached hydrogen (secondary N) is 1. The first-order valence-corrected chi connectivity index (χ1v) is 10.8. The molecular weight excluding hydrogens is 412 g/mol. The van der Waals surface area contributed by atoms with Gasteiger partial charge in [0.25, 0.3) is 5.91 Å². The molecule has 164 valence electrons. The number of rotatable bonds is 4. The van der Waals surface area contributed by atoms with Crippen molar-refractivity contribution in [3.05, 3.63) is 94.7 Å². The third kappa shape index (κ3) is 4.03. The Morgan fingerprint density at radius 1 is 0.788 bits per heavy atom. The lowest BCUT2D eigenvalue weighted by Crippen LogP contribution is -2.11. The molecule has 0 atom stereocenters. The first-order chi connectivity index (χ1) is 15.9. The fraction of sp³-hybridized carbons (Fsp3) is 0.148. The molecule has 0 bridgehead atoms. The van der Waals surface area contributed by atoms with Gasteiger partial charge in [-0.3, -0.25) is 4.79 Å². The van der Waals surface area contributed by atoms with Gasteiger partial charge in [-0.1, -0.05) is 29.8 Å². The molecular formula is C27H24N4O2. The second kappa shape index (κ2) is 8.06. The van der Waals surface area contributed by atoms with Crippen molar-refractivity contribution in [3.63, 3.8) is 0 Å². The van der Waals surface area contributed by atoms with Gasteiger partial charge in [0.05, 0.1) is 5.69 Å². The molecule has 1 N–H and O–H groups in total. The molecule has 0 aliphatic heterocycles. The predicted octanol–water partition coefficient (Wildman–Crippen LogP) is 6.17. The van der Waals surface area contributed by atoms with Crippen LogP contribution in [0.4, 0.5) is 5.69 Å². The zero-order valence-electron chi connectivity index (χ0n) is 19.0. The highest BCUT2D eigenvalue weighted by atomic mass is 16.3. The molecule has 0 radical (unpaired) electrons. The summed E-state index contributed by atoms with van der Waals surface area (Å²) in [4.78, 5) is 14.5. The van der Waals surface area contributed by atoms with Crippen molar-refractivity contribution in [2.75, 3.05) is 5.32 Å². The van der Waals surface area contributed by atoms with E-state index in [4.69, 9.17) is 4.42 Å². The number of fused-ring (bicyclic) bond motifs is 1. The molecule has 2 heterocycles. The van der Waals surface area contributed by atoms with Gasteiger partial charge in [-0.25, -0.2) is 0 Å². The van der Waals surface area contributed by atoms with Gasteiger partial charge in [0.1, 0.15) is 16.8 Å². The lowest BCUT2D eigenvalue weighted by atomic mass is 10.1. The highest BCUT2D eigenvalue weighted by Crippen LogP contribution is 2.26. The van der Waals surface area contributed by atoms with Crippen LogP contribution in [0, 0.1) is 27.7 Å². The minimum absolute atomic E-state index is 0.256. The summed E-state index contributed by atoms with van der Waals surface area (Å²) in [5, 5.41) is 12.1. The summed E-state index contributed by atoms with van der Waals surface area (Å²) in [6, 6.07) is 21.4. The predicted molar refractivity (Wildman–Crippen MR) is 130 cm³/mol. The third-order valence-corrected chi connectivity index (χ3v) is 5.86. The van der Waals surface area contributed by atoms with E-state index in [9.17, 15) is 4.79 Å². The maximum absolute atomic E-state index is 12.9. The Balaban J connectivity index is 1.40. The van der Waals surface area contributed by atoms with Crippen LogP contribution in [-0.4, -0.2) is 20.9 Å². The van der Waals surface area contributed by atoms with Crippen LogP contribution in [0.1, 0.15) is 32.8 Å². The van der Waals surface area contributed by atoms with Crippen LogP contribution in [0.5, 0.6) is 0 Å². The summed E-state index contributed by atoms with van der Waals surface area (Å²) >= 11 is 0. The number of hydrogen-bond donors (Lipinski definition) is 1. The van der Waals surface area contributed by atoms with Gasteiger partial charge in [-0.2, -0.15) is 4.80 Å². The Bertz CT molecular complexity index is 1490. The van der Waals surface area contributed by atoms with E-state index in [0.717, 1.165) is 22.3 Å². The Kier molecular flexibility index (Phi) is 5.05. The SMILES string of the molecule is Cc1ccc(-n2nc3cc(C)c(NC(=O)c4ccc(-c5ccc(C)c(C)c5)o4)cc3n2)cc1. The minimum Gasteiger partial charge on any atom is -0.451 e. The number of aryl methyl sites for hydroxylation is 4. The number of anilines is 1. The van der Waals surface area contributed by atoms with E-state index >= 15 is 0 Å². The van der Waals surface area contributed by atoms with Crippen molar-refractivity contribution in [2.45, 2.75) is 27.7 Å². The number of carbonyl (C=O) groups excluding carboxylic acids is 1. The van der Waals surface area contributed by atoms with E-state index in [1.165, 1.54) is 16.7 Å². The number of aromatic nitrogens is 3. The molecule has 5 rings (SSSR count). The molecule has 0 saturated heterocycles. The first kappa shape index (κ1) is 20.7. The molecule has 2 aromatic heterocycles. The lowest BCUT2D eigenvalue weighted by molar-refractivity contribution is 0.0997. The van der Waals surface area contributed by atoms with E-state index in [2.05, 4.69) is 41.5 Å². The van der Waals surface area contributed by atoms with Gasteiger partial charge in [0.2, 0.25) is 0 Å². The van der Waals surface area contributed by atoms with Crippen LogP contribution < -0.4 is 5.32 Å². The topological polar surface area (TPSA) is 73.0 Å². The van der Waals surface area contributed by atoms with Gasteiger partial charge in [0.15, 0.2) is 5.76 Å². The molecule has 0 saturated carbocycles. The van der Waals surface area contributed by atoms with E-state index < -0.39 is 0 Å². The van der Waals surface area contributed by atoms with Crippen molar-refractivity contribution < 1.29 is 9.21 Å². The molecule has 3 aromatic carbocycles. The average molecular weight is 437 g/mol. The molecule has 5 aromatic rings. The lowest BCUT2D eigenvalue weighted by Gasteiger charge is -2.07. The van der Waals surface area contributed by atoms with Gasteiger partial charge >= 0.3 is 0 Å². The van der Waals surface area contributed by atoms with E-state index in [1.54, 1.807) is 10.9 Å². The highest BCUT2D eigenvalue weighted by molar-refractivity contribution is 6.04. The fourth-order valence-corrected chi connectivity index (χ4v) is 3.69. The quantitative estimate of drug-likeness (QED) is 0.366. The number of carbonyl (C=O) groups is 1. The number of benzene rings is 3. The number of hydrogen-bond acceptors (Lipinski definition) is 4. The Labute approximate surface area is 191 Å². The summed E-state index contributed by atoms with van der Waals surface area (Å²) in [6.07, 6.45) is 0. The van der Waals surface area contributed by atoms with Crippen molar-refractivity contribution >= 4 is 22.6 Å². The summed E-state index contributed by atoms with van der Waals surface area (Å²) < 4.78 is 5.85. The third-order valence-electron chi connectivity index (χ3n) is 5.86. The number of furan rings is 1. The first-order valence-electron chi connectivity index (χ1n) is 10.8.